The molecule has 0 atom stereocenters. The van der Waals surface area contributed by atoms with Crippen molar-refractivity contribution >= 4 is 23.2 Å². The molecule has 1 rings (SSSR count). The van der Waals surface area contributed by atoms with Crippen molar-refractivity contribution < 1.29 is 19.3 Å². The summed E-state index contributed by atoms with van der Waals surface area (Å²) < 4.78 is 11.8. The van der Waals surface area contributed by atoms with Gasteiger partial charge in [-0.25, -0.2) is 0 Å². The van der Waals surface area contributed by atoms with E-state index >= 15 is 0 Å². The highest BCUT2D eigenvalue weighted by atomic mass is 35.5. The van der Waals surface area contributed by atoms with E-state index in [-0.39, 0.29) is 0 Å². The van der Waals surface area contributed by atoms with E-state index in [9.17, 15) is 0 Å². The standard InChI is InChI=1S/C18H30Cl2N2O2/c1-21(2)7-5-9-23-17-11-16(14-20)18(12-15(17)13-19)24-10-6-8-22(3)4/h11-12H,5-10,13-14H2,1-4H3/p+2. The first-order valence-corrected chi connectivity index (χ1v) is 9.66. The van der Waals surface area contributed by atoms with E-state index < -0.39 is 0 Å². The predicted octanol–water partition coefficient (Wildman–Crippen LogP) is 0.991. The van der Waals surface area contributed by atoms with Crippen LogP contribution >= 0.6 is 23.2 Å². The van der Waals surface area contributed by atoms with Crippen molar-refractivity contribution in [2.24, 2.45) is 0 Å². The predicted molar refractivity (Wildman–Crippen MR) is 101 cm³/mol. The molecular formula is C18H32Cl2N2O2+2. The maximum atomic E-state index is 6.09. The summed E-state index contributed by atoms with van der Waals surface area (Å²) in [5, 5.41) is 0. The van der Waals surface area contributed by atoms with Gasteiger partial charge >= 0.3 is 0 Å². The zero-order chi connectivity index (χ0) is 17.9. The molecule has 0 aliphatic rings. The lowest BCUT2D eigenvalue weighted by Gasteiger charge is -2.16. The molecule has 0 aromatic heterocycles. The molecule has 0 aliphatic carbocycles. The first-order valence-electron chi connectivity index (χ1n) is 8.59. The van der Waals surface area contributed by atoms with Crippen molar-refractivity contribution in [3.8, 4) is 11.5 Å². The minimum atomic E-state index is 0.398. The number of hydrogen-bond donors (Lipinski definition) is 2. The largest absolute Gasteiger partial charge is 0.493 e. The van der Waals surface area contributed by atoms with Crippen LogP contribution in [0.15, 0.2) is 12.1 Å². The van der Waals surface area contributed by atoms with Crippen molar-refractivity contribution in [1.82, 2.24) is 0 Å². The fourth-order valence-corrected chi connectivity index (χ4v) is 2.76. The summed E-state index contributed by atoms with van der Waals surface area (Å²) >= 11 is 12.2. The third-order valence-electron chi connectivity index (χ3n) is 3.69. The Bertz CT molecular complexity index is 439. The molecule has 0 spiro atoms. The molecule has 0 unspecified atom stereocenters. The molecule has 0 bridgehead atoms. The van der Waals surface area contributed by atoms with Crippen molar-refractivity contribution in [3.05, 3.63) is 23.3 Å². The Hall–Kier alpha value is -0.680. The van der Waals surface area contributed by atoms with E-state index in [0.29, 0.717) is 25.0 Å². The van der Waals surface area contributed by atoms with E-state index in [2.05, 4.69) is 28.2 Å². The van der Waals surface area contributed by atoms with Gasteiger partial charge in [0.1, 0.15) is 11.5 Å². The molecule has 4 nitrogen and oxygen atoms in total. The summed E-state index contributed by atoms with van der Waals surface area (Å²) in [6, 6.07) is 3.94. The van der Waals surface area contributed by atoms with E-state index in [0.717, 1.165) is 48.6 Å². The summed E-state index contributed by atoms with van der Waals surface area (Å²) in [6.07, 6.45) is 2.01. The second-order valence-corrected chi connectivity index (χ2v) is 7.19. The van der Waals surface area contributed by atoms with Gasteiger partial charge in [0.25, 0.3) is 0 Å². The smallest absolute Gasteiger partial charge is 0.124 e. The number of halogens is 2. The fourth-order valence-electron chi connectivity index (χ4n) is 2.34. The van der Waals surface area contributed by atoms with Gasteiger partial charge in [-0.1, -0.05) is 0 Å². The Labute approximate surface area is 156 Å². The monoisotopic (exact) mass is 378 g/mol. The lowest BCUT2D eigenvalue weighted by Crippen LogP contribution is -3.05. The highest BCUT2D eigenvalue weighted by Crippen LogP contribution is 2.31. The summed E-state index contributed by atoms with van der Waals surface area (Å²) in [5.74, 6) is 2.43. The normalized spacial score (nSPS) is 11.3. The van der Waals surface area contributed by atoms with Gasteiger partial charge in [0.15, 0.2) is 0 Å². The number of alkyl halides is 2. The van der Waals surface area contributed by atoms with Gasteiger partial charge in [0.05, 0.1) is 66.3 Å². The van der Waals surface area contributed by atoms with Gasteiger partial charge < -0.3 is 19.3 Å². The van der Waals surface area contributed by atoms with Gasteiger partial charge in [0, 0.05) is 24.0 Å². The van der Waals surface area contributed by atoms with Crippen molar-refractivity contribution in [2.45, 2.75) is 24.6 Å². The van der Waals surface area contributed by atoms with E-state index in [1.165, 1.54) is 9.80 Å². The van der Waals surface area contributed by atoms with E-state index in [4.69, 9.17) is 32.7 Å². The Morgan fingerprint density at radius 1 is 0.750 bits per heavy atom. The summed E-state index contributed by atoms with van der Waals surface area (Å²) in [5.41, 5.74) is 1.91. The maximum Gasteiger partial charge on any atom is 0.124 e. The summed E-state index contributed by atoms with van der Waals surface area (Å²) in [7, 11) is 8.55. The zero-order valence-electron chi connectivity index (χ0n) is 15.4. The quantitative estimate of drug-likeness (QED) is 0.419. The van der Waals surface area contributed by atoms with Gasteiger partial charge in [-0.05, 0) is 12.1 Å². The minimum absolute atomic E-state index is 0.398. The van der Waals surface area contributed by atoms with Crippen LogP contribution in [0.2, 0.25) is 0 Å². The second kappa shape index (κ2) is 11.8. The molecule has 1 aromatic carbocycles. The zero-order valence-corrected chi connectivity index (χ0v) is 16.9. The van der Waals surface area contributed by atoms with E-state index in [1.54, 1.807) is 0 Å². The van der Waals surface area contributed by atoms with Crippen LogP contribution in [0.3, 0.4) is 0 Å². The third kappa shape index (κ3) is 7.93. The second-order valence-electron chi connectivity index (χ2n) is 6.65. The minimum Gasteiger partial charge on any atom is -0.493 e. The third-order valence-corrected chi connectivity index (χ3v) is 4.26. The average molecular weight is 379 g/mol. The highest BCUT2D eigenvalue weighted by Gasteiger charge is 2.12. The molecule has 0 saturated heterocycles. The van der Waals surface area contributed by atoms with Gasteiger partial charge in [0.2, 0.25) is 0 Å². The molecule has 24 heavy (non-hydrogen) atoms. The van der Waals surface area contributed by atoms with Gasteiger partial charge in [-0.3, -0.25) is 0 Å². The van der Waals surface area contributed by atoms with Crippen LogP contribution in [0.25, 0.3) is 0 Å². The summed E-state index contributed by atoms with van der Waals surface area (Å²) in [4.78, 5) is 2.84. The van der Waals surface area contributed by atoms with Gasteiger partial charge in [-0.15, -0.1) is 23.2 Å². The number of ether oxygens (including phenoxy) is 2. The van der Waals surface area contributed by atoms with Crippen LogP contribution in [0.1, 0.15) is 24.0 Å². The maximum absolute atomic E-state index is 6.09. The van der Waals surface area contributed by atoms with Crippen LogP contribution in [0.4, 0.5) is 0 Å². The number of nitrogens with one attached hydrogen (secondary N) is 2. The molecule has 0 radical (unpaired) electrons. The highest BCUT2D eigenvalue weighted by molar-refractivity contribution is 6.18. The number of quaternary nitrogens is 2. The molecule has 0 aliphatic heterocycles. The Morgan fingerprint density at radius 2 is 1.12 bits per heavy atom. The Balaban J connectivity index is 2.69. The number of benzene rings is 1. The topological polar surface area (TPSA) is 27.3 Å². The first kappa shape index (κ1) is 21.4. The molecule has 138 valence electrons. The first-order chi connectivity index (χ1) is 11.5. The van der Waals surface area contributed by atoms with Crippen molar-refractivity contribution in [3.63, 3.8) is 0 Å². The molecule has 0 saturated carbocycles. The van der Waals surface area contributed by atoms with Crippen molar-refractivity contribution in [1.29, 1.82) is 0 Å². The SMILES string of the molecule is C[NH+](C)CCCOc1cc(CCl)c(OCCC[NH+](C)C)cc1CCl. The molecule has 1 aromatic rings. The van der Waals surface area contributed by atoms with E-state index in [1.807, 2.05) is 12.1 Å². The molecule has 2 N–H and O–H groups in total. The molecule has 0 amide bonds. The van der Waals surface area contributed by atoms with Crippen LogP contribution in [-0.2, 0) is 11.8 Å². The van der Waals surface area contributed by atoms with Crippen LogP contribution in [0, 0.1) is 0 Å². The molecular weight excluding hydrogens is 347 g/mol. The lowest BCUT2D eigenvalue weighted by atomic mass is 10.1. The number of hydrogen-bond acceptors (Lipinski definition) is 2. The molecule has 0 fully saturated rings. The van der Waals surface area contributed by atoms with Crippen LogP contribution < -0.4 is 19.3 Å². The van der Waals surface area contributed by atoms with Gasteiger partial charge in [-0.2, -0.15) is 0 Å². The van der Waals surface area contributed by atoms with Crippen LogP contribution in [-0.4, -0.2) is 54.5 Å². The Morgan fingerprint density at radius 3 is 1.42 bits per heavy atom. The summed E-state index contributed by atoms with van der Waals surface area (Å²) in [6.45, 7) is 3.52. The van der Waals surface area contributed by atoms with Crippen LogP contribution in [0.5, 0.6) is 11.5 Å². The molecule has 0 heterocycles. The van der Waals surface area contributed by atoms with Crippen molar-refractivity contribution in [2.75, 3.05) is 54.5 Å². The molecule has 6 heteroatoms. The number of rotatable bonds is 12. The fraction of sp³-hybridized carbons (Fsp3) is 0.667. The average Bonchev–Trinajstić information content (AvgIpc) is 2.55. The lowest BCUT2D eigenvalue weighted by molar-refractivity contribution is -0.858. The Kier molecular flexibility index (Phi) is 10.5.